The number of fused-ring (bicyclic) bond motifs is 1. The summed E-state index contributed by atoms with van der Waals surface area (Å²) in [5.74, 6) is 0.781. The summed E-state index contributed by atoms with van der Waals surface area (Å²) in [5, 5.41) is 13.8. The van der Waals surface area contributed by atoms with Crippen molar-refractivity contribution in [1.29, 1.82) is 0 Å². The predicted molar refractivity (Wildman–Crippen MR) is 141 cm³/mol. The maximum absolute atomic E-state index is 11.5. The molecule has 0 saturated heterocycles. The first-order chi connectivity index (χ1) is 16.9. The molecule has 172 valence electrons. The van der Waals surface area contributed by atoms with E-state index in [9.17, 15) is 10.1 Å². The molecule has 35 heavy (non-hydrogen) atoms. The first kappa shape index (κ1) is 22.3. The lowest BCUT2D eigenvalue weighted by Gasteiger charge is -2.14. The molecule has 0 unspecified atom stereocenters. The molecule has 0 atom stereocenters. The van der Waals surface area contributed by atoms with Crippen LogP contribution in [0.4, 0.5) is 5.69 Å². The number of hydrogen-bond donors (Lipinski definition) is 0. The van der Waals surface area contributed by atoms with Crippen molar-refractivity contribution in [1.82, 2.24) is 4.98 Å². The van der Waals surface area contributed by atoms with Gasteiger partial charge in [-0.25, -0.2) is 4.98 Å². The van der Waals surface area contributed by atoms with Gasteiger partial charge in [-0.3, -0.25) is 10.1 Å². The largest absolute Gasteiger partial charge is 0.497 e. The Morgan fingerprint density at radius 1 is 0.714 bits per heavy atom. The quantitative estimate of drug-likeness (QED) is 0.198. The molecule has 1 aromatic heterocycles. The highest BCUT2D eigenvalue weighted by atomic mass is 16.6. The number of non-ortho nitro benzene ring substituents is 1. The monoisotopic (exact) mass is 460 g/mol. The smallest absolute Gasteiger partial charge is 0.270 e. The number of nitro groups is 1. The van der Waals surface area contributed by atoms with Crippen LogP contribution in [0.1, 0.15) is 11.1 Å². The summed E-state index contributed by atoms with van der Waals surface area (Å²) < 4.78 is 5.32. The lowest BCUT2D eigenvalue weighted by molar-refractivity contribution is -0.384. The van der Waals surface area contributed by atoms with Gasteiger partial charge in [-0.15, -0.1) is 0 Å². The van der Waals surface area contributed by atoms with Crippen LogP contribution >= 0.6 is 0 Å². The Bertz CT molecular complexity index is 1570. The number of methoxy groups -OCH3 is 1. The SMILES string of the molecule is COc1ccc(-c2cc(-c3cc([N+](=O)[O-])ccc3C)nc(-c3cc4ccccc4cc3C)c2)cc1. The highest BCUT2D eigenvalue weighted by molar-refractivity contribution is 5.89. The van der Waals surface area contributed by atoms with Crippen LogP contribution in [-0.2, 0) is 0 Å². The molecule has 1 heterocycles. The van der Waals surface area contributed by atoms with Crippen LogP contribution < -0.4 is 4.74 Å². The van der Waals surface area contributed by atoms with Crippen molar-refractivity contribution >= 4 is 16.5 Å². The van der Waals surface area contributed by atoms with Gasteiger partial charge < -0.3 is 4.74 Å². The molecule has 5 aromatic rings. The van der Waals surface area contributed by atoms with Gasteiger partial charge in [0, 0.05) is 23.3 Å². The van der Waals surface area contributed by atoms with Crippen LogP contribution in [0.15, 0.2) is 91.0 Å². The Hall–Kier alpha value is -4.51. The summed E-state index contributed by atoms with van der Waals surface area (Å²) in [6.07, 6.45) is 0. The van der Waals surface area contributed by atoms with Crippen molar-refractivity contribution in [3.8, 4) is 39.4 Å². The minimum absolute atomic E-state index is 0.0469. The van der Waals surface area contributed by atoms with E-state index in [1.54, 1.807) is 19.2 Å². The number of pyridine rings is 1. The van der Waals surface area contributed by atoms with Gasteiger partial charge in [-0.1, -0.05) is 48.5 Å². The van der Waals surface area contributed by atoms with Crippen molar-refractivity contribution in [2.75, 3.05) is 7.11 Å². The minimum Gasteiger partial charge on any atom is -0.497 e. The van der Waals surface area contributed by atoms with Crippen molar-refractivity contribution in [2.24, 2.45) is 0 Å². The lowest BCUT2D eigenvalue weighted by atomic mass is 9.95. The predicted octanol–water partition coefficient (Wildman–Crippen LogP) is 7.77. The molecular formula is C30H24N2O3. The maximum Gasteiger partial charge on any atom is 0.270 e. The van der Waals surface area contributed by atoms with E-state index < -0.39 is 0 Å². The van der Waals surface area contributed by atoms with E-state index in [-0.39, 0.29) is 10.6 Å². The summed E-state index contributed by atoms with van der Waals surface area (Å²) in [7, 11) is 1.64. The Labute approximate surface area is 203 Å². The Balaban J connectivity index is 1.76. The second-order valence-corrected chi connectivity index (χ2v) is 8.63. The Morgan fingerprint density at radius 3 is 1.97 bits per heavy atom. The van der Waals surface area contributed by atoms with Crippen molar-refractivity contribution < 1.29 is 9.66 Å². The summed E-state index contributed by atoms with van der Waals surface area (Å²) in [6, 6.07) is 29.4. The van der Waals surface area contributed by atoms with Gasteiger partial charge >= 0.3 is 0 Å². The van der Waals surface area contributed by atoms with E-state index in [0.717, 1.165) is 50.2 Å². The number of hydrogen-bond acceptors (Lipinski definition) is 4. The molecule has 5 nitrogen and oxygen atoms in total. The van der Waals surface area contributed by atoms with Crippen LogP contribution in [0.3, 0.4) is 0 Å². The highest BCUT2D eigenvalue weighted by Gasteiger charge is 2.15. The standard InChI is InChI=1S/C30H24N2O3/c1-19-8-11-25(32(33)34)18-28(19)30-17-24(21-9-12-26(35-3)13-10-21)16-29(31-30)27-15-23-7-5-4-6-22(23)14-20(27)2/h4-18H,1-3H3. The average molecular weight is 461 g/mol. The van der Waals surface area contributed by atoms with Crippen LogP contribution in [0.2, 0.25) is 0 Å². The summed E-state index contributed by atoms with van der Waals surface area (Å²) in [5.41, 5.74) is 7.37. The van der Waals surface area contributed by atoms with Crippen molar-refractivity contribution in [3.05, 3.63) is 112 Å². The molecule has 0 fully saturated rings. The highest BCUT2D eigenvalue weighted by Crippen LogP contribution is 2.35. The molecule has 4 aromatic carbocycles. The zero-order chi connectivity index (χ0) is 24.5. The van der Waals surface area contributed by atoms with Crippen molar-refractivity contribution in [2.45, 2.75) is 13.8 Å². The van der Waals surface area contributed by atoms with E-state index >= 15 is 0 Å². The normalized spacial score (nSPS) is 10.9. The van der Waals surface area contributed by atoms with Gasteiger partial charge in [-0.2, -0.15) is 0 Å². The topological polar surface area (TPSA) is 65.3 Å². The van der Waals surface area contributed by atoms with Gasteiger partial charge in [0.05, 0.1) is 23.4 Å². The fourth-order valence-corrected chi connectivity index (χ4v) is 4.39. The summed E-state index contributed by atoms with van der Waals surface area (Å²) >= 11 is 0. The molecule has 0 aliphatic rings. The molecule has 0 spiro atoms. The number of nitro benzene ring substituents is 1. The Morgan fingerprint density at radius 2 is 1.34 bits per heavy atom. The first-order valence-electron chi connectivity index (χ1n) is 11.3. The van der Waals surface area contributed by atoms with Crippen LogP contribution in [-0.4, -0.2) is 17.0 Å². The maximum atomic E-state index is 11.5. The van der Waals surface area contributed by atoms with Crippen LogP contribution in [0.5, 0.6) is 5.75 Å². The number of aryl methyl sites for hydroxylation is 2. The second-order valence-electron chi connectivity index (χ2n) is 8.63. The van der Waals surface area contributed by atoms with Crippen LogP contribution in [0.25, 0.3) is 44.4 Å². The summed E-state index contributed by atoms with van der Waals surface area (Å²) in [6.45, 7) is 4.03. The van der Waals surface area contributed by atoms with Gasteiger partial charge in [0.2, 0.25) is 0 Å². The van der Waals surface area contributed by atoms with E-state index in [0.29, 0.717) is 5.69 Å². The number of nitrogens with zero attached hydrogens (tertiary/aromatic N) is 2. The third-order valence-corrected chi connectivity index (χ3v) is 6.33. The Kier molecular flexibility index (Phi) is 5.75. The number of benzene rings is 4. The fraction of sp³-hybridized carbons (Fsp3) is 0.100. The van der Waals surface area contributed by atoms with Crippen LogP contribution in [0, 0.1) is 24.0 Å². The molecule has 5 rings (SSSR count). The van der Waals surface area contributed by atoms with Crippen molar-refractivity contribution in [3.63, 3.8) is 0 Å². The number of rotatable bonds is 5. The molecule has 0 aliphatic carbocycles. The van der Waals surface area contributed by atoms with E-state index in [1.807, 2.05) is 49.4 Å². The third kappa shape index (κ3) is 4.36. The molecular weight excluding hydrogens is 436 g/mol. The van der Waals surface area contributed by atoms with E-state index in [2.05, 4.69) is 37.3 Å². The molecule has 0 amide bonds. The average Bonchev–Trinajstić information content (AvgIpc) is 2.88. The molecule has 0 bridgehead atoms. The zero-order valence-electron chi connectivity index (χ0n) is 19.8. The van der Waals surface area contributed by atoms with Gasteiger partial charge in [0.25, 0.3) is 5.69 Å². The molecule has 0 saturated carbocycles. The van der Waals surface area contributed by atoms with E-state index in [1.165, 1.54) is 11.5 Å². The van der Waals surface area contributed by atoms with Gasteiger partial charge in [0.1, 0.15) is 5.75 Å². The molecule has 0 N–H and O–H groups in total. The number of ether oxygens (including phenoxy) is 1. The molecule has 0 radical (unpaired) electrons. The zero-order valence-corrected chi connectivity index (χ0v) is 19.8. The van der Waals surface area contributed by atoms with Gasteiger partial charge in [-0.05, 0) is 77.2 Å². The van der Waals surface area contributed by atoms with E-state index in [4.69, 9.17) is 9.72 Å². The lowest BCUT2D eigenvalue weighted by Crippen LogP contribution is -1.96. The molecule has 0 aliphatic heterocycles. The first-order valence-corrected chi connectivity index (χ1v) is 11.3. The second kappa shape index (κ2) is 9.03. The third-order valence-electron chi connectivity index (χ3n) is 6.33. The molecule has 5 heteroatoms. The number of aromatic nitrogens is 1. The van der Waals surface area contributed by atoms with Gasteiger partial charge in [0.15, 0.2) is 0 Å². The minimum atomic E-state index is -0.370. The summed E-state index contributed by atoms with van der Waals surface area (Å²) in [4.78, 5) is 16.1. The fourth-order valence-electron chi connectivity index (χ4n) is 4.39.